The van der Waals surface area contributed by atoms with Gasteiger partial charge in [-0.15, -0.1) is 0 Å². The maximum atomic E-state index is 12.7. The van der Waals surface area contributed by atoms with E-state index in [1.807, 2.05) is 0 Å². The second-order valence-electron chi connectivity index (χ2n) is 6.29. The van der Waals surface area contributed by atoms with Crippen molar-refractivity contribution >= 4 is 31.6 Å². The number of amides is 1. The summed E-state index contributed by atoms with van der Waals surface area (Å²) in [5.74, 6) is -0.487. The van der Waals surface area contributed by atoms with Crippen LogP contribution in [-0.4, -0.2) is 55.3 Å². The van der Waals surface area contributed by atoms with Gasteiger partial charge in [0.1, 0.15) is 10.6 Å². The summed E-state index contributed by atoms with van der Waals surface area (Å²) in [6.07, 6.45) is 0. The maximum Gasteiger partial charge on any atom is 0.255 e. The number of aryl methyl sites for hydroxylation is 1. The average molecular weight is 442 g/mol. The van der Waals surface area contributed by atoms with Gasteiger partial charge in [-0.2, -0.15) is 0 Å². The van der Waals surface area contributed by atoms with Crippen molar-refractivity contribution in [3.63, 3.8) is 0 Å². The molecule has 0 aromatic heterocycles. The number of hydrogen-bond acceptors (Lipinski definition) is 6. The first-order valence-corrected chi connectivity index (χ1v) is 11.3. The van der Waals surface area contributed by atoms with E-state index in [0.717, 1.165) is 4.31 Å². The first-order valence-electron chi connectivity index (χ1n) is 8.40. The fourth-order valence-electron chi connectivity index (χ4n) is 2.43. The van der Waals surface area contributed by atoms with Crippen LogP contribution in [0.15, 0.2) is 46.2 Å². The zero-order valence-corrected chi connectivity index (χ0v) is 18.3. The molecule has 2 N–H and O–H groups in total. The molecule has 1 amide bonds. The molecule has 0 radical (unpaired) electrons. The minimum atomic E-state index is -3.85. The molecule has 2 rings (SSSR count). The summed E-state index contributed by atoms with van der Waals surface area (Å²) in [7, 11) is -2.16. The predicted octanol–water partition coefficient (Wildman–Crippen LogP) is 1.41. The van der Waals surface area contributed by atoms with Crippen LogP contribution in [0.3, 0.4) is 0 Å². The molecule has 0 fully saturated rings. The standard InChI is InChI=1S/C18H23N3O6S2/c1-12-6-8-14(28(23,24)19-2)11-15(12)20-18(22)13-7-9-16(27-5)17(10-13)29(25,26)21(3)4/h6-11,19H,1-5H3,(H,20,22). The Morgan fingerprint density at radius 3 is 2.24 bits per heavy atom. The summed E-state index contributed by atoms with van der Waals surface area (Å²) < 4.78 is 57.4. The predicted molar refractivity (Wildman–Crippen MR) is 109 cm³/mol. The molecule has 0 aliphatic carbocycles. The summed E-state index contributed by atoms with van der Waals surface area (Å²) in [6.45, 7) is 1.71. The molecule has 0 bridgehead atoms. The van der Waals surface area contributed by atoms with E-state index in [9.17, 15) is 21.6 Å². The Kier molecular flexibility index (Phi) is 6.68. The van der Waals surface area contributed by atoms with Gasteiger partial charge in [0, 0.05) is 25.3 Å². The molecule has 0 saturated carbocycles. The molecule has 0 unspecified atom stereocenters. The number of hydrogen-bond donors (Lipinski definition) is 2. The van der Waals surface area contributed by atoms with Crippen LogP contribution in [0.1, 0.15) is 15.9 Å². The number of anilines is 1. The number of carbonyl (C=O) groups excluding carboxylic acids is 1. The molecular formula is C18H23N3O6S2. The highest BCUT2D eigenvalue weighted by Gasteiger charge is 2.24. The zero-order valence-electron chi connectivity index (χ0n) is 16.7. The van der Waals surface area contributed by atoms with Crippen LogP contribution in [0.25, 0.3) is 0 Å². The van der Waals surface area contributed by atoms with Gasteiger partial charge in [0.15, 0.2) is 0 Å². The van der Waals surface area contributed by atoms with Crippen LogP contribution in [0.2, 0.25) is 0 Å². The molecule has 0 aliphatic heterocycles. The monoisotopic (exact) mass is 441 g/mol. The lowest BCUT2D eigenvalue weighted by Crippen LogP contribution is -2.23. The molecule has 158 valence electrons. The van der Waals surface area contributed by atoms with Crippen LogP contribution < -0.4 is 14.8 Å². The third-order valence-electron chi connectivity index (χ3n) is 4.22. The minimum Gasteiger partial charge on any atom is -0.495 e. The highest BCUT2D eigenvalue weighted by Crippen LogP contribution is 2.28. The van der Waals surface area contributed by atoms with Gasteiger partial charge < -0.3 is 10.1 Å². The average Bonchev–Trinajstić information content (AvgIpc) is 2.68. The third-order valence-corrected chi connectivity index (χ3v) is 7.47. The lowest BCUT2D eigenvalue weighted by Gasteiger charge is -2.16. The van der Waals surface area contributed by atoms with E-state index in [1.165, 1.54) is 58.6 Å². The summed E-state index contributed by atoms with van der Waals surface area (Å²) in [5, 5.41) is 2.63. The van der Waals surface area contributed by atoms with Gasteiger partial charge in [0.2, 0.25) is 20.0 Å². The molecule has 0 spiro atoms. The van der Waals surface area contributed by atoms with Crippen molar-refractivity contribution in [3.8, 4) is 5.75 Å². The molecule has 11 heteroatoms. The van der Waals surface area contributed by atoms with E-state index in [1.54, 1.807) is 13.0 Å². The van der Waals surface area contributed by atoms with Crippen LogP contribution in [-0.2, 0) is 20.0 Å². The number of nitrogens with zero attached hydrogens (tertiary/aromatic N) is 1. The van der Waals surface area contributed by atoms with Crippen molar-refractivity contribution in [2.24, 2.45) is 0 Å². The second-order valence-corrected chi connectivity index (χ2v) is 10.3. The van der Waals surface area contributed by atoms with E-state index in [4.69, 9.17) is 4.74 Å². The number of rotatable bonds is 7. The molecular weight excluding hydrogens is 418 g/mol. The summed E-state index contributed by atoms with van der Waals surface area (Å²) >= 11 is 0. The molecule has 29 heavy (non-hydrogen) atoms. The van der Waals surface area contributed by atoms with Crippen molar-refractivity contribution in [1.82, 2.24) is 9.03 Å². The molecule has 0 aliphatic rings. The van der Waals surface area contributed by atoms with Gasteiger partial charge in [-0.1, -0.05) is 6.07 Å². The largest absolute Gasteiger partial charge is 0.495 e. The molecule has 0 heterocycles. The first-order chi connectivity index (χ1) is 13.4. The Morgan fingerprint density at radius 2 is 1.69 bits per heavy atom. The zero-order chi connectivity index (χ0) is 22.0. The number of benzene rings is 2. The summed E-state index contributed by atoms with van der Waals surface area (Å²) in [5.41, 5.74) is 1.01. The number of nitrogens with one attached hydrogen (secondary N) is 2. The minimum absolute atomic E-state index is 0.00787. The normalized spacial score (nSPS) is 12.1. The fourth-order valence-corrected chi connectivity index (χ4v) is 4.26. The number of methoxy groups -OCH3 is 1. The van der Waals surface area contributed by atoms with Crippen LogP contribution >= 0.6 is 0 Å². The summed E-state index contributed by atoms with van der Waals surface area (Å²) in [6, 6.07) is 8.35. The lowest BCUT2D eigenvalue weighted by atomic mass is 10.1. The van der Waals surface area contributed by atoms with Crippen LogP contribution in [0.4, 0.5) is 5.69 Å². The van der Waals surface area contributed by atoms with Crippen molar-refractivity contribution in [3.05, 3.63) is 47.5 Å². The van der Waals surface area contributed by atoms with Gasteiger partial charge in [0.05, 0.1) is 12.0 Å². The summed E-state index contributed by atoms with van der Waals surface area (Å²) in [4.78, 5) is 12.6. The molecule has 2 aromatic rings. The molecule has 9 nitrogen and oxygen atoms in total. The van der Waals surface area contributed by atoms with Gasteiger partial charge in [-0.05, 0) is 49.9 Å². The van der Waals surface area contributed by atoms with E-state index >= 15 is 0 Å². The van der Waals surface area contributed by atoms with Gasteiger partial charge in [-0.25, -0.2) is 25.9 Å². The highest BCUT2D eigenvalue weighted by molar-refractivity contribution is 7.89. The first kappa shape index (κ1) is 22.8. The third kappa shape index (κ3) is 4.75. The Morgan fingerprint density at radius 1 is 1.03 bits per heavy atom. The molecule has 0 atom stereocenters. The van der Waals surface area contributed by atoms with Crippen molar-refractivity contribution in [2.45, 2.75) is 16.7 Å². The van der Waals surface area contributed by atoms with Crippen molar-refractivity contribution < 1.29 is 26.4 Å². The smallest absolute Gasteiger partial charge is 0.255 e. The van der Waals surface area contributed by atoms with Gasteiger partial charge in [-0.3, -0.25) is 4.79 Å². The fraction of sp³-hybridized carbons (Fsp3) is 0.278. The number of carbonyl (C=O) groups is 1. The molecule has 2 aromatic carbocycles. The Hall–Kier alpha value is -2.47. The van der Waals surface area contributed by atoms with Crippen molar-refractivity contribution in [1.29, 1.82) is 0 Å². The quantitative estimate of drug-likeness (QED) is 0.670. The van der Waals surface area contributed by atoms with Crippen LogP contribution in [0, 0.1) is 6.92 Å². The lowest BCUT2D eigenvalue weighted by molar-refractivity contribution is 0.102. The Bertz CT molecular complexity index is 1140. The number of sulfonamides is 2. The van der Waals surface area contributed by atoms with E-state index in [0.29, 0.717) is 11.3 Å². The van der Waals surface area contributed by atoms with Crippen LogP contribution in [0.5, 0.6) is 5.75 Å². The van der Waals surface area contributed by atoms with E-state index in [2.05, 4.69) is 10.0 Å². The Balaban J connectivity index is 2.46. The molecule has 0 saturated heterocycles. The van der Waals surface area contributed by atoms with E-state index in [-0.39, 0.29) is 21.1 Å². The second kappa shape index (κ2) is 8.49. The highest BCUT2D eigenvalue weighted by atomic mass is 32.2. The van der Waals surface area contributed by atoms with Gasteiger partial charge in [0.25, 0.3) is 5.91 Å². The maximum absolute atomic E-state index is 12.7. The SMILES string of the molecule is CNS(=O)(=O)c1ccc(C)c(NC(=O)c2ccc(OC)c(S(=O)(=O)N(C)C)c2)c1. The topological polar surface area (TPSA) is 122 Å². The van der Waals surface area contributed by atoms with E-state index < -0.39 is 26.0 Å². The Labute approximate surface area is 170 Å². The van der Waals surface area contributed by atoms with Gasteiger partial charge >= 0.3 is 0 Å². The van der Waals surface area contributed by atoms with Crippen molar-refractivity contribution in [2.75, 3.05) is 33.6 Å². The number of ether oxygens (including phenoxy) is 1.